The maximum absolute atomic E-state index is 4.44. The van der Waals surface area contributed by atoms with Gasteiger partial charge in [0.25, 0.3) is 0 Å². The summed E-state index contributed by atoms with van der Waals surface area (Å²) in [5, 5.41) is 3.69. The van der Waals surface area contributed by atoms with Gasteiger partial charge in [-0.2, -0.15) is 0 Å². The predicted molar refractivity (Wildman–Crippen MR) is 87.5 cm³/mol. The Labute approximate surface area is 127 Å². The number of nitrogens with one attached hydrogen (secondary N) is 1. The second kappa shape index (κ2) is 6.72. The Kier molecular flexibility index (Phi) is 4.51. The van der Waals surface area contributed by atoms with Crippen LogP contribution >= 0.6 is 0 Å². The van der Waals surface area contributed by atoms with Crippen LogP contribution in [0.2, 0.25) is 0 Å². The molecular weight excluding hydrogens is 258 g/mol. The summed E-state index contributed by atoms with van der Waals surface area (Å²) >= 11 is 0. The standard InChI is InChI=1S/C18H23N3/c1-15-5-4-6-16(13-15)14-20-17-8-11-21(12-9-17)18-7-2-3-10-19-18/h2-7,10,13,17,20H,8-9,11-12,14H2,1H3. The van der Waals surface area contributed by atoms with Gasteiger partial charge in [-0.15, -0.1) is 0 Å². The molecule has 2 aromatic rings. The Balaban J connectivity index is 1.48. The van der Waals surface area contributed by atoms with Gasteiger partial charge in [0, 0.05) is 31.9 Å². The third-order valence-electron chi connectivity index (χ3n) is 4.15. The number of aryl methyl sites for hydroxylation is 1. The van der Waals surface area contributed by atoms with Crippen molar-refractivity contribution in [2.24, 2.45) is 0 Å². The lowest BCUT2D eigenvalue weighted by atomic mass is 10.0. The molecule has 1 aromatic heterocycles. The van der Waals surface area contributed by atoms with E-state index in [9.17, 15) is 0 Å². The maximum atomic E-state index is 4.44. The van der Waals surface area contributed by atoms with Crippen molar-refractivity contribution in [1.29, 1.82) is 0 Å². The van der Waals surface area contributed by atoms with Crippen molar-refractivity contribution < 1.29 is 0 Å². The second-order valence-corrected chi connectivity index (χ2v) is 5.82. The molecule has 0 saturated carbocycles. The Morgan fingerprint density at radius 3 is 2.71 bits per heavy atom. The first kappa shape index (κ1) is 14.1. The molecule has 1 N–H and O–H groups in total. The minimum atomic E-state index is 0.616. The van der Waals surface area contributed by atoms with Gasteiger partial charge in [-0.1, -0.05) is 35.9 Å². The number of hydrogen-bond donors (Lipinski definition) is 1. The summed E-state index contributed by atoms with van der Waals surface area (Å²) < 4.78 is 0. The Bertz CT molecular complexity index is 560. The molecule has 0 unspecified atom stereocenters. The summed E-state index contributed by atoms with van der Waals surface area (Å²) in [5.74, 6) is 1.11. The van der Waals surface area contributed by atoms with Crippen LogP contribution in [0.3, 0.4) is 0 Å². The highest BCUT2D eigenvalue weighted by Gasteiger charge is 2.19. The first-order valence-electron chi connectivity index (χ1n) is 7.76. The van der Waals surface area contributed by atoms with Crippen LogP contribution in [0.25, 0.3) is 0 Å². The molecule has 1 fully saturated rings. The highest BCUT2D eigenvalue weighted by Crippen LogP contribution is 2.17. The molecule has 0 bridgehead atoms. The molecule has 21 heavy (non-hydrogen) atoms. The lowest BCUT2D eigenvalue weighted by Gasteiger charge is -2.33. The van der Waals surface area contributed by atoms with Crippen LogP contribution < -0.4 is 10.2 Å². The van der Waals surface area contributed by atoms with Gasteiger partial charge in [0.05, 0.1) is 0 Å². The van der Waals surface area contributed by atoms with Gasteiger partial charge in [-0.3, -0.25) is 0 Å². The maximum Gasteiger partial charge on any atom is 0.128 e. The van der Waals surface area contributed by atoms with Gasteiger partial charge in [-0.05, 0) is 37.5 Å². The number of aromatic nitrogens is 1. The van der Waals surface area contributed by atoms with Gasteiger partial charge in [-0.25, -0.2) is 4.98 Å². The van der Waals surface area contributed by atoms with Crippen LogP contribution in [0, 0.1) is 6.92 Å². The number of hydrogen-bond acceptors (Lipinski definition) is 3. The van der Waals surface area contributed by atoms with Crippen molar-refractivity contribution >= 4 is 5.82 Å². The molecule has 1 saturated heterocycles. The highest BCUT2D eigenvalue weighted by atomic mass is 15.2. The van der Waals surface area contributed by atoms with Crippen molar-refractivity contribution in [2.75, 3.05) is 18.0 Å². The minimum absolute atomic E-state index is 0.616. The van der Waals surface area contributed by atoms with E-state index in [1.54, 1.807) is 0 Å². The van der Waals surface area contributed by atoms with Gasteiger partial charge in [0.2, 0.25) is 0 Å². The molecule has 3 heteroatoms. The lowest BCUT2D eigenvalue weighted by Crippen LogP contribution is -2.42. The van der Waals surface area contributed by atoms with Crippen LogP contribution in [0.5, 0.6) is 0 Å². The summed E-state index contributed by atoms with van der Waals surface area (Å²) in [4.78, 5) is 6.82. The largest absolute Gasteiger partial charge is 0.357 e. The molecule has 1 aliphatic heterocycles. The highest BCUT2D eigenvalue weighted by molar-refractivity contribution is 5.38. The van der Waals surface area contributed by atoms with E-state index in [1.165, 1.54) is 24.0 Å². The molecule has 1 aromatic carbocycles. The lowest BCUT2D eigenvalue weighted by molar-refractivity contribution is 0.413. The molecule has 0 radical (unpaired) electrons. The molecule has 110 valence electrons. The van der Waals surface area contributed by atoms with E-state index in [-0.39, 0.29) is 0 Å². The molecule has 0 atom stereocenters. The van der Waals surface area contributed by atoms with Crippen LogP contribution in [0.1, 0.15) is 24.0 Å². The van der Waals surface area contributed by atoms with Gasteiger partial charge >= 0.3 is 0 Å². The quantitative estimate of drug-likeness (QED) is 0.933. The van der Waals surface area contributed by atoms with E-state index < -0.39 is 0 Å². The molecule has 2 heterocycles. The Hall–Kier alpha value is -1.87. The van der Waals surface area contributed by atoms with Crippen LogP contribution in [0.4, 0.5) is 5.82 Å². The number of benzene rings is 1. The number of anilines is 1. The van der Waals surface area contributed by atoms with Gasteiger partial charge in [0.15, 0.2) is 0 Å². The molecule has 0 amide bonds. The zero-order chi connectivity index (χ0) is 14.5. The van der Waals surface area contributed by atoms with E-state index in [0.29, 0.717) is 6.04 Å². The van der Waals surface area contributed by atoms with E-state index >= 15 is 0 Å². The monoisotopic (exact) mass is 281 g/mol. The molecule has 3 rings (SSSR count). The summed E-state index contributed by atoms with van der Waals surface area (Å²) in [7, 11) is 0. The van der Waals surface area contributed by atoms with E-state index in [0.717, 1.165) is 25.5 Å². The van der Waals surface area contributed by atoms with Crippen molar-refractivity contribution in [2.45, 2.75) is 32.4 Å². The summed E-state index contributed by atoms with van der Waals surface area (Å²) in [5.41, 5.74) is 2.71. The zero-order valence-corrected chi connectivity index (χ0v) is 12.6. The third kappa shape index (κ3) is 3.82. The van der Waals surface area contributed by atoms with E-state index in [1.807, 2.05) is 12.3 Å². The summed E-state index contributed by atoms with van der Waals surface area (Å²) in [6.07, 6.45) is 4.24. The van der Waals surface area contributed by atoms with Crippen molar-refractivity contribution in [3.8, 4) is 0 Å². The predicted octanol–water partition coefficient (Wildman–Crippen LogP) is 3.15. The number of rotatable bonds is 4. The second-order valence-electron chi connectivity index (χ2n) is 5.82. The van der Waals surface area contributed by atoms with Crippen LogP contribution in [0.15, 0.2) is 48.7 Å². The fourth-order valence-electron chi connectivity index (χ4n) is 2.94. The Morgan fingerprint density at radius 2 is 2.00 bits per heavy atom. The van der Waals surface area contributed by atoms with E-state index in [2.05, 4.69) is 58.5 Å². The average Bonchev–Trinajstić information content (AvgIpc) is 2.54. The molecule has 3 nitrogen and oxygen atoms in total. The van der Waals surface area contributed by atoms with Crippen molar-refractivity contribution in [3.05, 3.63) is 59.8 Å². The third-order valence-corrected chi connectivity index (χ3v) is 4.15. The fraction of sp³-hybridized carbons (Fsp3) is 0.389. The number of nitrogens with zero attached hydrogens (tertiary/aromatic N) is 2. The first-order chi connectivity index (χ1) is 10.3. The molecular formula is C18H23N3. The summed E-state index contributed by atoms with van der Waals surface area (Å²) in [6, 6.07) is 15.5. The minimum Gasteiger partial charge on any atom is -0.357 e. The fourth-order valence-corrected chi connectivity index (χ4v) is 2.94. The SMILES string of the molecule is Cc1cccc(CNC2CCN(c3ccccn3)CC2)c1. The summed E-state index contributed by atoms with van der Waals surface area (Å²) in [6.45, 7) is 5.29. The molecule has 0 spiro atoms. The van der Waals surface area contributed by atoms with Gasteiger partial charge < -0.3 is 10.2 Å². The number of pyridine rings is 1. The normalized spacial score (nSPS) is 16.1. The van der Waals surface area contributed by atoms with Crippen LogP contribution in [-0.2, 0) is 6.54 Å². The smallest absolute Gasteiger partial charge is 0.128 e. The molecule has 0 aliphatic carbocycles. The van der Waals surface area contributed by atoms with Crippen molar-refractivity contribution in [3.63, 3.8) is 0 Å². The average molecular weight is 281 g/mol. The van der Waals surface area contributed by atoms with Gasteiger partial charge in [0.1, 0.15) is 5.82 Å². The van der Waals surface area contributed by atoms with Crippen molar-refractivity contribution in [1.82, 2.24) is 10.3 Å². The first-order valence-corrected chi connectivity index (χ1v) is 7.76. The zero-order valence-electron chi connectivity index (χ0n) is 12.6. The molecule has 1 aliphatic rings. The topological polar surface area (TPSA) is 28.2 Å². The van der Waals surface area contributed by atoms with Crippen LogP contribution in [-0.4, -0.2) is 24.1 Å². The number of piperidine rings is 1. The Morgan fingerprint density at radius 1 is 1.14 bits per heavy atom. The van der Waals surface area contributed by atoms with E-state index in [4.69, 9.17) is 0 Å².